The van der Waals surface area contributed by atoms with Crippen molar-refractivity contribution in [2.45, 2.75) is 50.4 Å². The number of nitriles is 1. The predicted octanol–water partition coefficient (Wildman–Crippen LogP) is 2.43. The van der Waals surface area contributed by atoms with Gasteiger partial charge in [0, 0.05) is 24.6 Å². The highest BCUT2D eigenvalue weighted by atomic mass is 19.1. The lowest BCUT2D eigenvalue weighted by Crippen LogP contribution is -2.50. The molecule has 31 heavy (non-hydrogen) atoms. The van der Waals surface area contributed by atoms with Gasteiger partial charge in [0.2, 0.25) is 5.91 Å². The highest BCUT2D eigenvalue weighted by Gasteiger charge is 2.43. The van der Waals surface area contributed by atoms with Crippen LogP contribution in [0.2, 0.25) is 0 Å². The van der Waals surface area contributed by atoms with Gasteiger partial charge >= 0.3 is 0 Å². The Balaban J connectivity index is 1.28. The van der Waals surface area contributed by atoms with Crippen molar-refractivity contribution in [2.24, 2.45) is 5.92 Å². The largest absolute Gasteiger partial charge is 0.348 e. The van der Waals surface area contributed by atoms with Crippen LogP contribution < -0.4 is 16.0 Å². The zero-order valence-corrected chi connectivity index (χ0v) is 17.0. The molecule has 4 atom stereocenters. The zero-order valence-electron chi connectivity index (χ0n) is 17.0. The van der Waals surface area contributed by atoms with E-state index in [1.807, 2.05) is 12.1 Å². The molecule has 2 fully saturated rings. The number of benzene rings is 2. The van der Waals surface area contributed by atoms with E-state index in [1.165, 1.54) is 6.07 Å². The average Bonchev–Trinajstić information content (AvgIpc) is 3.50. The Kier molecular flexibility index (Phi) is 4.95. The van der Waals surface area contributed by atoms with E-state index in [-0.39, 0.29) is 24.3 Å². The van der Waals surface area contributed by atoms with Crippen molar-refractivity contribution in [3.05, 3.63) is 58.9 Å². The quantitative estimate of drug-likeness (QED) is 0.695. The summed E-state index contributed by atoms with van der Waals surface area (Å²) in [6, 6.07) is 11.8. The van der Waals surface area contributed by atoms with Crippen LogP contribution >= 0.6 is 0 Å². The van der Waals surface area contributed by atoms with Gasteiger partial charge in [-0.25, -0.2) is 4.39 Å². The Morgan fingerprint density at radius 3 is 2.74 bits per heavy atom. The van der Waals surface area contributed by atoms with Gasteiger partial charge in [-0.1, -0.05) is 24.3 Å². The van der Waals surface area contributed by atoms with Crippen LogP contribution in [0.1, 0.15) is 40.7 Å². The van der Waals surface area contributed by atoms with E-state index >= 15 is 0 Å². The summed E-state index contributed by atoms with van der Waals surface area (Å²) < 4.78 is 14.8. The second kappa shape index (κ2) is 7.78. The topological polar surface area (TPSA) is 94.0 Å². The molecule has 1 saturated heterocycles. The van der Waals surface area contributed by atoms with E-state index in [0.717, 1.165) is 30.4 Å². The molecule has 2 aromatic rings. The fraction of sp³-hybridized carbons (Fsp3) is 0.375. The van der Waals surface area contributed by atoms with E-state index in [2.05, 4.69) is 22.0 Å². The van der Waals surface area contributed by atoms with Crippen molar-refractivity contribution in [1.82, 2.24) is 16.0 Å². The normalized spacial score (nSPS) is 24.4. The Hall–Kier alpha value is -3.24. The molecule has 7 heteroatoms. The Morgan fingerprint density at radius 2 is 2.03 bits per heavy atom. The summed E-state index contributed by atoms with van der Waals surface area (Å²) in [5, 5.41) is 18.4. The highest BCUT2D eigenvalue weighted by Crippen LogP contribution is 2.35. The summed E-state index contributed by atoms with van der Waals surface area (Å²) in [4.78, 5) is 24.5. The standard InChI is InChI=1S/C24H23FN4O2/c25-21-10-14(13-2-4-17-12-27-23(30)20(17)9-13)1-3-15(21)7-19(11-26)29-24(31)22-16-5-6-18(8-16)28-22/h1-4,9-10,16,18-19,22,28H,5-8,12H2,(H,27,30)(H,29,31). The predicted molar refractivity (Wildman–Crippen MR) is 112 cm³/mol. The molecule has 3 N–H and O–H groups in total. The molecule has 2 amide bonds. The second-order valence-corrected chi connectivity index (χ2v) is 8.67. The maximum absolute atomic E-state index is 14.8. The van der Waals surface area contributed by atoms with Crippen molar-refractivity contribution < 1.29 is 14.0 Å². The summed E-state index contributed by atoms with van der Waals surface area (Å²) in [5.41, 5.74) is 3.34. The number of rotatable bonds is 5. The second-order valence-electron chi connectivity index (χ2n) is 8.67. The van der Waals surface area contributed by atoms with Gasteiger partial charge < -0.3 is 16.0 Å². The molecular weight excluding hydrogens is 395 g/mol. The number of hydrogen-bond donors (Lipinski definition) is 3. The number of nitrogens with one attached hydrogen (secondary N) is 3. The first-order chi connectivity index (χ1) is 15.0. The van der Waals surface area contributed by atoms with Gasteiger partial charge in [-0.2, -0.15) is 5.26 Å². The van der Waals surface area contributed by atoms with E-state index in [0.29, 0.717) is 35.2 Å². The van der Waals surface area contributed by atoms with E-state index < -0.39 is 11.9 Å². The summed E-state index contributed by atoms with van der Waals surface area (Å²) in [6.07, 6.45) is 3.24. The molecule has 5 rings (SSSR count). The van der Waals surface area contributed by atoms with Gasteiger partial charge in [-0.15, -0.1) is 0 Å². The van der Waals surface area contributed by atoms with Crippen LogP contribution in [-0.2, 0) is 17.8 Å². The Morgan fingerprint density at radius 1 is 1.23 bits per heavy atom. The van der Waals surface area contributed by atoms with Crippen molar-refractivity contribution >= 4 is 11.8 Å². The van der Waals surface area contributed by atoms with E-state index in [1.54, 1.807) is 18.2 Å². The maximum atomic E-state index is 14.8. The number of nitrogens with zero attached hydrogens (tertiary/aromatic N) is 1. The van der Waals surface area contributed by atoms with Gasteiger partial charge in [0.25, 0.3) is 5.91 Å². The molecule has 6 nitrogen and oxygen atoms in total. The lowest BCUT2D eigenvalue weighted by atomic mass is 9.97. The van der Waals surface area contributed by atoms with Gasteiger partial charge in [0.15, 0.2) is 0 Å². The van der Waals surface area contributed by atoms with Crippen LogP contribution in [0.25, 0.3) is 11.1 Å². The first-order valence-corrected chi connectivity index (χ1v) is 10.7. The summed E-state index contributed by atoms with van der Waals surface area (Å²) in [6.45, 7) is 0.515. The lowest BCUT2D eigenvalue weighted by Gasteiger charge is -2.23. The molecule has 0 spiro atoms. The molecule has 2 aromatic carbocycles. The average molecular weight is 418 g/mol. The third-order valence-corrected chi connectivity index (χ3v) is 6.72. The van der Waals surface area contributed by atoms with Gasteiger partial charge in [0.05, 0.1) is 12.1 Å². The monoisotopic (exact) mass is 418 g/mol. The molecular formula is C24H23FN4O2. The van der Waals surface area contributed by atoms with Gasteiger partial charge in [0.1, 0.15) is 11.9 Å². The molecule has 0 radical (unpaired) electrons. The van der Waals surface area contributed by atoms with Gasteiger partial charge in [-0.3, -0.25) is 9.59 Å². The van der Waals surface area contributed by atoms with E-state index in [4.69, 9.17) is 0 Å². The van der Waals surface area contributed by atoms with Crippen molar-refractivity contribution in [1.29, 1.82) is 5.26 Å². The minimum Gasteiger partial charge on any atom is -0.348 e. The first-order valence-electron chi connectivity index (χ1n) is 10.7. The molecule has 158 valence electrons. The Labute approximate surface area is 179 Å². The first kappa shape index (κ1) is 19.7. The zero-order chi connectivity index (χ0) is 21.5. The summed E-state index contributed by atoms with van der Waals surface area (Å²) in [7, 11) is 0. The fourth-order valence-electron chi connectivity index (χ4n) is 5.05. The molecule has 1 aliphatic carbocycles. The molecule has 3 aliphatic rings. The van der Waals surface area contributed by atoms with Crippen LogP contribution in [0.15, 0.2) is 36.4 Å². The fourth-order valence-corrected chi connectivity index (χ4v) is 5.05. The third-order valence-electron chi connectivity index (χ3n) is 6.72. The number of hydrogen-bond acceptors (Lipinski definition) is 4. The van der Waals surface area contributed by atoms with Gasteiger partial charge in [-0.05, 0) is 59.6 Å². The number of carbonyl (C=O) groups is 2. The van der Waals surface area contributed by atoms with E-state index in [9.17, 15) is 19.2 Å². The van der Waals surface area contributed by atoms with Crippen molar-refractivity contribution in [2.75, 3.05) is 0 Å². The molecule has 2 aliphatic heterocycles. The van der Waals surface area contributed by atoms with Crippen molar-refractivity contribution in [3.63, 3.8) is 0 Å². The number of fused-ring (bicyclic) bond motifs is 3. The number of piperidine rings is 1. The van der Waals surface area contributed by atoms with Crippen LogP contribution in [0, 0.1) is 23.1 Å². The summed E-state index contributed by atoms with van der Waals surface area (Å²) >= 11 is 0. The number of carbonyl (C=O) groups excluding carboxylic acids is 2. The smallest absolute Gasteiger partial charge is 0.251 e. The molecule has 2 heterocycles. The lowest BCUT2D eigenvalue weighted by molar-refractivity contribution is -0.124. The van der Waals surface area contributed by atoms with Crippen LogP contribution in [0.3, 0.4) is 0 Å². The Bertz CT molecular complexity index is 1110. The summed E-state index contributed by atoms with van der Waals surface area (Å²) in [5.74, 6) is -0.400. The third kappa shape index (κ3) is 3.68. The minimum atomic E-state index is -0.794. The highest BCUT2D eigenvalue weighted by molar-refractivity contribution is 5.99. The maximum Gasteiger partial charge on any atom is 0.251 e. The molecule has 0 aromatic heterocycles. The van der Waals surface area contributed by atoms with Crippen molar-refractivity contribution in [3.8, 4) is 17.2 Å². The van der Waals surface area contributed by atoms with Crippen LogP contribution in [0.4, 0.5) is 4.39 Å². The number of halogens is 1. The number of amides is 2. The SMILES string of the molecule is N#CC(Cc1ccc(-c2ccc3c(c2)C(=O)NC3)cc1F)NC(=O)C1NC2CCC1C2. The van der Waals surface area contributed by atoms with Crippen LogP contribution in [0.5, 0.6) is 0 Å². The molecule has 4 unspecified atom stereocenters. The molecule has 1 saturated carbocycles. The minimum absolute atomic E-state index is 0.0990. The molecule has 2 bridgehead atoms. The van der Waals surface area contributed by atoms with Crippen LogP contribution in [-0.4, -0.2) is 29.9 Å².